The second kappa shape index (κ2) is 3.55. The monoisotopic (exact) mass is 158 g/mol. The summed E-state index contributed by atoms with van der Waals surface area (Å²) in [6.45, 7) is 4.52. The summed E-state index contributed by atoms with van der Waals surface area (Å²) in [5.41, 5.74) is -0.496. The van der Waals surface area contributed by atoms with Crippen LogP contribution in [0.1, 0.15) is 39.5 Å². The van der Waals surface area contributed by atoms with Crippen molar-refractivity contribution in [1.29, 1.82) is 0 Å². The molecule has 0 aromatic carbocycles. The van der Waals surface area contributed by atoms with Gasteiger partial charge in [-0.1, -0.05) is 12.8 Å². The van der Waals surface area contributed by atoms with E-state index in [2.05, 4.69) is 0 Å². The van der Waals surface area contributed by atoms with Gasteiger partial charge in [0.25, 0.3) is 0 Å². The third kappa shape index (κ3) is 2.80. The molecule has 0 amide bonds. The van der Waals surface area contributed by atoms with E-state index < -0.39 is 5.60 Å². The first-order valence-corrected chi connectivity index (χ1v) is 4.46. The van der Waals surface area contributed by atoms with Gasteiger partial charge in [-0.2, -0.15) is 0 Å². The fourth-order valence-electron chi connectivity index (χ4n) is 1.50. The van der Waals surface area contributed by atoms with Gasteiger partial charge in [0.05, 0.1) is 18.3 Å². The number of rotatable bonds is 3. The Morgan fingerprint density at radius 2 is 1.91 bits per heavy atom. The molecule has 0 aromatic heterocycles. The molecule has 0 unspecified atom stereocenters. The molecule has 1 saturated carbocycles. The van der Waals surface area contributed by atoms with Crippen LogP contribution in [0.2, 0.25) is 0 Å². The summed E-state index contributed by atoms with van der Waals surface area (Å²) in [6.07, 6.45) is 4.37. The molecule has 1 aliphatic rings. The van der Waals surface area contributed by atoms with Crippen molar-refractivity contribution in [2.24, 2.45) is 0 Å². The second-order valence-electron chi connectivity index (χ2n) is 3.79. The normalized spacial score (nSPS) is 22.9. The van der Waals surface area contributed by atoms with Gasteiger partial charge >= 0.3 is 0 Å². The first-order valence-electron chi connectivity index (χ1n) is 4.46. The molecule has 1 N–H and O–H groups in total. The van der Waals surface area contributed by atoms with Crippen LogP contribution < -0.4 is 0 Å². The highest BCUT2D eigenvalue weighted by atomic mass is 16.5. The molecule has 0 heterocycles. The maximum Gasteiger partial charge on any atom is 0.0880 e. The van der Waals surface area contributed by atoms with Gasteiger partial charge in [0.1, 0.15) is 0 Å². The molecule has 11 heavy (non-hydrogen) atoms. The lowest BCUT2D eigenvalue weighted by molar-refractivity contribution is -0.0600. The maximum absolute atomic E-state index is 9.82. The largest absolute Gasteiger partial charge is 0.387 e. The van der Waals surface area contributed by atoms with E-state index in [0.717, 1.165) is 25.7 Å². The van der Waals surface area contributed by atoms with Crippen molar-refractivity contribution in [2.45, 2.75) is 51.2 Å². The van der Waals surface area contributed by atoms with Crippen molar-refractivity contribution < 1.29 is 9.84 Å². The number of ether oxygens (including phenoxy) is 1. The lowest BCUT2D eigenvalue weighted by atomic mass is 10.0. The van der Waals surface area contributed by atoms with Gasteiger partial charge < -0.3 is 9.84 Å². The molecule has 2 heteroatoms. The third-order valence-corrected chi connectivity index (χ3v) is 2.22. The summed E-state index contributed by atoms with van der Waals surface area (Å²) < 4.78 is 5.38. The average Bonchev–Trinajstić information content (AvgIpc) is 2.33. The topological polar surface area (TPSA) is 29.5 Å². The van der Waals surface area contributed by atoms with E-state index in [1.165, 1.54) is 0 Å². The Morgan fingerprint density at radius 1 is 1.36 bits per heavy atom. The zero-order valence-corrected chi connectivity index (χ0v) is 7.47. The van der Waals surface area contributed by atoms with Gasteiger partial charge in [0.2, 0.25) is 0 Å². The van der Waals surface area contributed by atoms with Crippen molar-refractivity contribution in [2.75, 3.05) is 6.61 Å². The Hall–Kier alpha value is -0.0800. The summed E-state index contributed by atoms with van der Waals surface area (Å²) >= 11 is 0. The molecule has 1 aliphatic carbocycles. The first-order chi connectivity index (χ1) is 5.12. The highest BCUT2D eigenvalue weighted by Gasteiger charge is 2.31. The van der Waals surface area contributed by atoms with E-state index in [1.54, 1.807) is 0 Å². The van der Waals surface area contributed by atoms with E-state index in [0.29, 0.717) is 6.61 Å². The van der Waals surface area contributed by atoms with E-state index in [-0.39, 0.29) is 6.10 Å². The molecule has 2 nitrogen and oxygen atoms in total. The molecule has 0 aromatic rings. The minimum Gasteiger partial charge on any atom is -0.387 e. The summed E-state index contributed by atoms with van der Waals surface area (Å²) in [5, 5.41) is 9.82. The maximum atomic E-state index is 9.82. The van der Waals surface area contributed by atoms with Gasteiger partial charge in [0, 0.05) is 0 Å². The SMILES string of the molecule is CC(C)OCC1(O)CCCC1. The zero-order valence-electron chi connectivity index (χ0n) is 7.47. The summed E-state index contributed by atoms with van der Waals surface area (Å²) in [6, 6.07) is 0. The Bertz CT molecular complexity index is 115. The molecular formula is C9H18O2. The Labute approximate surface area is 68.6 Å². The van der Waals surface area contributed by atoms with E-state index in [9.17, 15) is 5.11 Å². The lowest BCUT2D eigenvalue weighted by Crippen LogP contribution is -2.31. The lowest BCUT2D eigenvalue weighted by Gasteiger charge is -2.22. The molecular weight excluding hydrogens is 140 g/mol. The van der Waals surface area contributed by atoms with Crippen molar-refractivity contribution in [3.05, 3.63) is 0 Å². The average molecular weight is 158 g/mol. The number of hydrogen-bond acceptors (Lipinski definition) is 2. The minimum absolute atomic E-state index is 0.236. The smallest absolute Gasteiger partial charge is 0.0880 e. The molecule has 0 atom stereocenters. The molecule has 0 bridgehead atoms. The van der Waals surface area contributed by atoms with Crippen LogP contribution in [0.5, 0.6) is 0 Å². The third-order valence-electron chi connectivity index (χ3n) is 2.22. The zero-order chi connectivity index (χ0) is 8.32. The minimum atomic E-state index is -0.496. The predicted molar refractivity (Wildman–Crippen MR) is 44.5 cm³/mol. The van der Waals surface area contributed by atoms with Crippen LogP contribution >= 0.6 is 0 Å². The highest BCUT2D eigenvalue weighted by Crippen LogP contribution is 2.29. The quantitative estimate of drug-likeness (QED) is 0.677. The fraction of sp³-hybridized carbons (Fsp3) is 1.00. The Kier molecular flexibility index (Phi) is 2.90. The highest BCUT2D eigenvalue weighted by molar-refractivity contribution is 4.83. The first kappa shape index (κ1) is 9.01. The van der Waals surface area contributed by atoms with Gasteiger partial charge in [-0.05, 0) is 26.7 Å². The summed E-state index contributed by atoms with van der Waals surface area (Å²) in [4.78, 5) is 0. The van der Waals surface area contributed by atoms with Crippen molar-refractivity contribution in [3.8, 4) is 0 Å². The van der Waals surface area contributed by atoms with Crippen LogP contribution in [0, 0.1) is 0 Å². The standard InChI is InChI=1S/C9H18O2/c1-8(2)11-7-9(10)5-3-4-6-9/h8,10H,3-7H2,1-2H3. The van der Waals surface area contributed by atoms with Crippen LogP contribution in [-0.4, -0.2) is 23.4 Å². The van der Waals surface area contributed by atoms with Gasteiger partial charge in [-0.25, -0.2) is 0 Å². The van der Waals surface area contributed by atoms with Crippen molar-refractivity contribution in [3.63, 3.8) is 0 Å². The summed E-state index contributed by atoms with van der Waals surface area (Å²) in [7, 11) is 0. The van der Waals surface area contributed by atoms with Crippen LogP contribution in [0.25, 0.3) is 0 Å². The molecule has 0 spiro atoms. The van der Waals surface area contributed by atoms with E-state index in [4.69, 9.17) is 4.74 Å². The molecule has 1 fully saturated rings. The van der Waals surface area contributed by atoms with Crippen molar-refractivity contribution >= 4 is 0 Å². The Morgan fingerprint density at radius 3 is 2.36 bits per heavy atom. The fourth-order valence-corrected chi connectivity index (χ4v) is 1.50. The van der Waals surface area contributed by atoms with E-state index >= 15 is 0 Å². The van der Waals surface area contributed by atoms with Gasteiger partial charge in [0.15, 0.2) is 0 Å². The Balaban J connectivity index is 2.23. The van der Waals surface area contributed by atoms with Crippen LogP contribution in [0.4, 0.5) is 0 Å². The predicted octanol–water partition coefficient (Wildman–Crippen LogP) is 1.72. The van der Waals surface area contributed by atoms with Crippen LogP contribution in [-0.2, 0) is 4.74 Å². The van der Waals surface area contributed by atoms with Gasteiger partial charge in [-0.15, -0.1) is 0 Å². The van der Waals surface area contributed by atoms with Crippen molar-refractivity contribution in [1.82, 2.24) is 0 Å². The van der Waals surface area contributed by atoms with Crippen LogP contribution in [0.15, 0.2) is 0 Å². The molecule has 0 saturated heterocycles. The molecule has 0 radical (unpaired) electrons. The summed E-state index contributed by atoms with van der Waals surface area (Å²) in [5.74, 6) is 0. The molecule has 0 aliphatic heterocycles. The number of aliphatic hydroxyl groups is 1. The van der Waals surface area contributed by atoms with Gasteiger partial charge in [-0.3, -0.25) is 0 Å². The number of hydrogen-bond donors (Lipinski definition) is 1. The second-order valence-corrected chi connectivity index (χ2v) is 3.79. The molecule has 66 valence electrons. The molecule has 1 rings (SSSR count). The van der Waals surface area contributed by atoms with Crippen LogP contribution in [0.3, 0.4) is 0 Å². The van der Waals surface area contributed by atoms with E-state index in [1.807, 2.05) is 13.8 Å².